The van der Waals surface area contributed by atoms with Gasteiger partial charge in [0.25, 0.3) is 0 Å². The summed E-state index contributed by atoms with van der Waals surface area (Å²) < 4.78 is 0. The smallest absolute Gasteiger partial charge is 0.160 e. The zero-order valence-corrected chi connectivity index (χ0v) is 38.0. The summed E-state index contributed by atoms with van der Waals surface area (Å²) in [6.45, 7) is 0. The van der Waals surface area contributed by atoms with Crippen molar-refractivity contribution in [3.63, 3.8) is 0 Å². The van der Waals surface area contributed by atoms with Crippen LogP contribution in [0, 0.1) is 0 Å². The van der Waals surface area contributed by atoms with Crippen LogP contribution in [0.3, 0.4) is 0 Å². The summed E-state index contributed by atoms with van der Waals surface area (Å²) in [6.07, 6.45) is 3.88. The van der Waals surface area contributed by atoms with Gasteiger partial charge >= 0.3 is 0 Å². The summed E-state index contributed by atoms with van der Waals surface area (Å²) in [5.41, 5.74) is 11.5. The average Bonchev–Trinajstić information content (AvgIpc) is 3.44. The second-order valence-corrected chi connectivity index (χ2v) is 18.3. The summed E-state index contributed by atoms with van der Waals surface area (Å²) in [5.74, 6) is 0.674. The highest BCUT2D eigenvalue weighted by Crippen LogP contribution is 2.44. The number of aromatic nitrogens is 3. The molecule has 12 aromatic carbocycles. The fraction of sp³-hybridized carbons (Fsp3) is 0. The molecule has 0 radical (unpaired) electrons. The lowest BCUT2D eigenvalue weighted by Crippen LogP contribution is -1.97. The maximum Gasteiger partial charge on any atom is 0.160 e. The van der Waals surface area contributed by atoms with E-state index < -0.39 is 0 Å². The monoisotopic (exact) mass is 887 g/mol. The Balaban J connectivity index is 1.02. The number of pyridine rings is 1. The first-order valence-corrected chi connectivity index (χ1v) is 23.9. The van der Waals surface area contributed by atoms with Crippen molar-refractivity contribution in [1.82, 2.24) is 15.0 Å². The highest BCUT2D eigenvalue weighted by Gasteiger charge is 2.19. The van der Waals surface area contributed by atoms with Gasteiger partial charge in [-0.15, -0.1) is 0 Å². The molecule has 0 aliphatic carbocycles. The molecule has 0 bridgehead atoms. The van der Waals surface area contributed by atoms with Gasteiger partial charge in [0.1, 0.15) is 0 Å². The second kappa shape index (κ2) is 16.2. The highest BCUT2D eigenvalue weighted by molar-refractivity contribution is 6.25. The summed E-state index contributed by atoms with van der Waals surface area (Å²) in [5, 5.41) is 17.1. The van der Waals surface area contributed by atoms with Gasteiger partial charge < -0.3 is 0 Å². The molecule has 14 rings (SSSR count). The van der Waals surface area contributed by atoms with E-state index in [2.05, 4.69) is 236 Å². The highest BCUT2D eigenvalue weighted by atomic mass is 14.9. The van der Waals surface area contributed by atoms with Crippen LogP contribution in [0.5, 0.6) is 0 Å². The predicted octanol–water partition coefficient (Wildman–Crippen LogP) is 17.9. The number of fused-ring (bicyclic) bond motifs is 11. The number of benzene rings is 12. The molecular formula is C67H41N3. The standard InChI is InChI=1S/C67H41N3/c1-2-16-46(17-3-1)67-69-63(45-30-26-44(27-31-45)62-41-68-40-49-18-6-7-19-53(49)62)39-64(70-67)52-35-50(60-37-47-32-28-42-14-4-8-20-54(42)65(47)58-24-12-10-22-56(58)60)34-51(36-52)61-38-48-33-29-43-15-5-9-21-55(43)66(48)59-25-13-11-23-57(59)61/h1-41H. The largest absolute Gasteiger partial charge is 0.263 e. The number of hydrogen-bond donors (Lipinski definition) is 0. The maximum atomic E-state index is 5.44. The van der Waals surface area contributed by atoms with Crippen molar-refractivity contribution in [3.8, 4) is 67.3 Å². The van der Waals surface area contributed by atoms with Gasteiger partial charge in [-0.3, -0.25) is 4.98 Å². The van der Waals surface area contributed by atoms with Crippen LogP contribution in [0.4, 0.5) is 0 Å². The molecule has 0 N–H and O–H groups in total. The molecule has 0 saturated heterocycles. The zero-order valence-electron chi connectivity index (χ0n) is 38.0. The second-order valence-electron chi connectivity index (χ2n) is 18.3. The molecule has 3 nitrogen and oxygen atoms in total. The molecular weight excluding hydrogens is 847 g/mol. The summed E-state index contributed by atoms with van der Waals surface area (Å²) in [7, 11) is 0. The van der Waals surface area contributed by atoms with Gasteiger partial charge in [-0.25, -0.2) is 9.97 Å². The molecule has 14 aromatic rings. The van der Waals surface area contributed by atoms with Crippen molar-refractivity contribution in [2.24, 2.45) is 0 Å². The van der Waals surface area contributed by atoms with Gasteiger partial charge in [-0.2, -0.15) is 0 Å². The van der Waals surface area contributed by atoms with E-state index in [4.69, 9.17) is 9.97 Å². The quantitative estimate of drug-likeness (QED) is 0.156. The molecule has 0 saturated carbocycles. The molecule has 0 amide bonds. The topological polar surface area (TPSA) is 38.7 Å². The van der Waals surface area contributed by atoms with E-state index in [9.17, 15) is 0 Å². The SMILES string of the molecule is c1ccc(-c2nc(-c3ccc(-c4cncc5ccccc45)cc3)cc(-c3cc(-c4cc5ccc6ccccc6c5c5ccccc45)cc(-c4cc5ccc6ccccc6c5c5ccccc45)c3)n2)cc1. The minimum atomic E-state index is 0.674. The minimum absolute atomic E-state index is 0.674. The molecule has 0 fully saturated rings. The van der Waals surface area contributed by atoms with E-state index >= 15 is 0 Å². The van der Waals surface area contributed by atoms with Crippen LogP contribution < -0.4 is 0 Å². The van der Waals surface area contributed by atoms with Crippen molar-refractivity contribution in [3.05, 3.63) is 249 Å². The maximum absolute atomic E-state index is 5.44. The van der Waals surface area contributed by atoms with Crippen molar-refractivity contribution in [2.45, 2.75) is 0 Å². The molecule has 2 heterocycles. The fourth-order valence-corrected chi connectivity index (χ4v) is 10.9. The van der Waals surface area contributed by atoms with Crippen LogP contribution in [0.15, 0.2) is 249 Å². The van der Waals surface area contributed by atoms with Gasteiger partial charge in [0.15, 0.2) is 5.82 Å². The van der Waals surface area contributed by atoms with E-state index in [-0.39, 0.29) is 0 Å². The van der Waals surface area contributed by atoms with Crippen LogP contribution in [0.2, 0.25) is 0 Å². The first-order chi connectivity index (χ1) is 34.7. The molecule has 0 spiro atoms. The fourth-order valence-electron chi connectivity index (χ4n) is 10.9. The Kier molecular flexibility index (Phi) is 9.21. The van der Waals surface area contributed by atoms with E-state index in [0.29, 0.717) is 5.82 Å². The number of hydrogen-bond acceptors (Lipinski definition) is 3. The minimum Gasteiger partial charge on any atom is -0.263 e. The van der Waals surface area contributed by atoms with Crippen LogP contribution in [-0.4, -0.2) is 15.0 Å². The Morgan fingerprint density at radius 1 is 0.229 bits per heavy atom. The molecule has 0 aliphatic rings. The normalized spacial score (nSPS) is 11.7. The van der Waals surface area contributed by atoms with Crippen LogP contribution in [0.1, 0.15) is 0 Å². The van der Waals surface area contributed by atoms with Crippen LogP contribution in [-0.2, 0) is 0 Å². The van der Waals surface area contributed by atoms with Gasteiger partial charge in [0.2, 0.25) is 0 Å². The van der Waals surface area contributed by atoms with E-state index in [1.807, 2.05) is 18.5 Å². The van der Waals surface area contributed by atoms with Crippen molar-refractivity contribution in [1.29, 1.82) is 0 Å². The summed E-state index contributed by atoms with van der Waals surface area (Å²) in [4.78, 5) is 15.3. The van der Waals surface area contributed by atoms with E-state index in [1.165, 1.54) is 81.1 Å². The molecule has 0 aliphatic heterocycles. The molecule has 2 aromatic heterocycles. The van der Waals surface area contributed by atoms with Gasteiger partial charge in [0.05, 0.1) is 11.4 Å². The van der Waals surface area contributed by atoms with Crippen molar-refractivity contribution < 1.29 is 0 Å². The first kappa shape index (κ1) is 39.8. The van der Waals surface area contributed by atoms with Crippen LogP contribution >= 0.6 is 0 Å². The summed E-state index contributed by atoms with van der Waals surface area (Å²) in [6, 6.07) is 85.8. The molecule has 324 valence electrons. The zero-order chi connectivity index (χ0) is 46.1. The number of rotatable bonds is 6. The van der Waals surface area contributed by atoms with Gasteiger partial charge in [-0.1, -0.05) is 200 Å². The summed E-state index contributed by atoms with van der Waals surface area (Å²) >= 11 is 0. The molecule has 0 atom stereocenters. The Labute approximate surface area is 404 Å². The van der Waals surface area contributed by atoms with Crippen molar-refractivity contribution in [2.75, 3.05) is 0 Å². The molecule has 0 unspecified atom stereocenters. The average molecular weight is 888 g/mol. The van der Waals surface area contributed by atoms with Gasteiger partial charge in [0, 0.05) is 40.0 Å². The predicted molar refractivity (Wildman–Crippen MR) is 295 cm³/mol. The molecule has 70 heavy (non-hydrogen) atoms. The lowest BCUT2D eigenvalue weighted by atomic mass is 9.86. The Bertz CT molecular complexity index is 4220. The number of nitrogens with zero attached hydrogens (tertiary/aromatic N) is 3. The lowest BCUT2D eigenvalue weighted by Gasteiger charge is -2.18. The van der Waals surface area contributed by atoms with Gasteiger partial charge in [-0.05, 0) is 134 Å². The Morgan fingerprint density at radius 3 is 1.26 bits per heavy atom. The third-order valence-electron chi connectivity index (χ3n) is 14.3. The Hall–Kier alpha value is -9.31. The van der Waals surface area contributed by atoms with E-state index in [1.54, 1.807) is 0 Å². The van der Waals surface area contributed by atoms with E-state index in [0.717, 1.165) is 55.7 Å². The molecule has 3 heteroatoms. The lowest BCUT2D eigenvalue weighted by molar-refractivity contribution is 1.18. The van der Waals surface area contributed by atoms with Crippen molar-refractivity contribution >= 4 is 75.4 Å². The third-order valence-corrected chi connectivity index (χ3v) is 14.3. The first-order valence-electron chi connectivity index (χ1n) is 23.9. The third kappa shape index (κ3) is 6.63. The Morgan fingerprint density at radius 2 is 0.671 bits per heavy atom. The van der Waals surface area contributed by atoms with Crippen LogP contribution in [0.25, 0.3) is 143 Å².